The first-order valence-corrected chi connectivity index (χ1v) is 4.63. The van der Waals surface area contributed by atoms with Gasteiger partial charge in [-0.2, -0.15) is 0 Å². The summed E-state index contributed by atoms with van der Waals surface area (Å²) in [6.07, 6.45) is 6.21. The van der Waals surface area contributed by atoms with Gasteiger partial charge in [-0.25, -0.2) is 0 Å². The minimum atomic E-state index is 0.00819. The van der Waals surface area contributed by atoms with Gasteiger partial charge in [-0.05, 0) is 19.8 Å². The van der Waals surface area contributed by atoms with Crippen molar-refractivity contribution in [3.8, 4) is 0 Å². The van der Waals surface area contributed by atoms with Crippen LogP contribution in [0.4, 0.5) is 0 Å². The van der Waals surface area contributed by atoms with E-state index in [2.05, 4.69) is 0 Å². The van der Waals surface area contributed by atoms with E-state index in [9.17, 15) is 0 Å². The molecular formula is C9H19NO. The van der Waals surface area contributed by atoms with E-state index in [0.29, 0.717) is 0 Å². The lowest BCUT2D eigenvalue weighted by molar-refractivity contribution is 0.0763. The van der Waals surface area contributed by atoms with Gasteiger partial charge in [0.05, 0.1) is 6.61 Å². The Labute approximate surface area is 69.1 Å². The molecule has 0 aromatic carbocycles. The fraction of sp³-hybridized carbons (Fsp3) is 1.00. The van der Waals surface area contributed by atoms with Gasteiger partial charge in [0.1, 0.15) is 0 Å². The summed E-state index contributed by atoms with van der Waals surface area (Å²) in [6.45, 7) is 3.56. The van der Waals surface area contributed by atoms with Gasteiger partial charge >= 0.3 is 0 Å². The largest absolute Gasteiger partial charge is 0.380 e. The van der Waals surface area contributed by atoms with Crippen molar-refractivity contribution in [1.82, 2.24) is 0 Å². The normalized spacial score (nSPS) is 23.5. The van der Waals surface area contributed by atoms with E-state index < -0.39 is 0 Å². The number of hydrogen-bond donors (Lipinski definition) is 1. The van der Waals surface area contributed by atoms with Crippen LogP contribution in [-0.4, -0.2) is 18.8 Å². The topological polar surface area (TPSA) is 35.2 Å². The Balaban J connectivity index is 2.25. The second kappa shape index (κ2) is 4.07. The van der Waals surface area contributed by atoms with Crippen molar-refractivity contribution in [3.05, 3.63) is 0 Å². The van der Waals surface area contributed by atoms with Crippen LogP contribution in [-0.2, 0) is 4.74 Å². The van der Waals surface area contributed by atoms with Crippen LogP contribution in [0, 0.1) is 0 Å². The summed E-state index contributed by atoms with van der Waals surface area (Å²) in [4.78, 5) is 0. The molecule has 1 rings (SSSR count). The molecule has 0 spiro atoms. The van der Waals surface area contributed by atoms with Crippen LogP contribution in [0.25, 0.3) is 0 Å². The fourth-order valence-electron chi connectivity index (χ4n) is 1.71. The second-order valence-electron chi connectivity index (χ2n) is 3.56. The molecule has 66 valence electrons. The average Bonchev–Trinajstić information content (AvgIpc) is 2.03. The molecule has 1 saturated carbocycles. The van der Waals surface area contributed by atoms with Crippen molar-refractivity contribution < 1.29 is 4.74 Å². The molecule has 2 heteroatoms. The lowest BCUT2D eigenvalue weighted by Crippen LogP contribution is -2.46. The van der Waals surface area contributed by atoms with Gasteiger partial charge in [0.2, 0.25) is 0 Å². The number of rotatable bonds is 3. The van der Waals surface area contributed by atoms with Crippen molar-refractivity contribution >= 4 is 0 Å². The van der Waals surface area contributed by atoms with Crippen LogP contribution in [0.3, 0.4) is 0 Å². The summed E-state index contributed by atoms with van der Waals surface area (Å²) in [5.74, 6) is 0. The fourth-order valence-corrected chi connectivity index (χ4v) is 1.71. The maximum Gasteiger partial charge on any atom is 0.0646 e. The van der Waals surface area contributed by atoms with Crippen LogP contribution in [0.2, 0.25) is 0 Å². The summed E-state index contributed by atoms with van der Waals surface area (Å²) in [5, 5.41) is 0. The monoisotopic (exact) mass is 157 g/mol. The van der Waals surface area contributed by atoms with Gasteiger partial charge in [-0.3, -0.25) is 0 Å². The Morgan fingerprint density at radius 1 is 1.27 bits per heavy atom. The molecule has 2 N–H and O–H groups in total. The van der Waals surface area contributed by atoms with Crippen LogP contribution in [0.5, 0.6) is 0 Å². The summed E-state index contributed by atoms with van der Waals surface area (Å²) in [7, 11) is 0. The molecule has 0 atom stereocenters. The molecule has 11 heavy (non-hydrogen) atoms. The van der Waals surface area contributed by atoms with E-state index in [1.807, 2.05) is 6.92 Å². The molecule has 0 aliphatic heterocycles. The molecule has 2 nitrogen and oxygen atoms in total. The zero-order valence-corrected chi connectivity index (χ0v) is 7.44. The van der Waals surface area contributed by atoms with Crippen molar-refractivity contribution in [3.63, 3.8) is 0 Å². The predicted octanol–water partition coefficient (Wildman–Crippen LogP) is 1.68. The molecule has 1 aliphatic rings. The average molecular weight is 157 g/mol. The maximum absolute atomic E-state index is 6.12. The highest BCUT2D eigenvalue weighted by Crippen LogP contribution is 2.25. The van der Waals surface area contributed by atoms with Gasteiger partial charge in [0.15, 0.2) is 0 Å². The van der Waals surface area contributed by atoms with Gasteiger partial charge in [0, 0.05) is 12.1 Å². The lowest BCUT2D eigenvalue weighted by atomic mass is 9.83. The number of ether oxygens (including phenoxy) is 1. The Hall–Kier alpha value is -0.0800. The molecule has 0 amide bonds. The van der Waals surface area contributed by atoms with Crippen LogP contribution in [0.15, 0.2) is 0 Å². The quantitative estimate of drug-likeness (QED) is 0.676. The first kappa shape index (κ1) is 9.01. The Kier molecular flexibility index (Phi) is 3.34. The van der Waals surface area contributed by atoms with E-state index in [0.717, 1.165) is 26.1 Å². The third kappa shape index (κ3) is 2.80. The Morgan fingerprint density at radius 3 is 2.45 bits per heavy atom. The van der Waals surface area contributed by atoms with Gasteiger partial charge in [0.25, 0.3) is 0 Å². The van der Waals surface area contributed by atoms with Crippen LogP contribution < -0.4 is 5.73 Å². The molecule has 0 unspecified atom stereocenters. The molecule has 0 aromatic rings. The molecule has 1 aliphatic carbocycles. The van der Waals surface area contributed by atoms with Crippen molar-refractivity contribution in [2.24, 2.45) is 5.73 Å². The van der Waals surface area contributed by atoms with E-state index in [1.54, 1.807) is 0 Å². The van der Waals surface area contributed by atoms with E-state index in [1.165, 1.54) is 19.3 Å². The van der Waals surface area contributed by atoms with Crippen molar-refractivity contribution in [1.29, 1.82) is 0 Å². The molecule has 0 radical (unpaired) electrons. The second-order valence-corrected chi connectivity index (χ2v) is 3.56. The predicted molar refractivity (Wildman–Crippen MR) is 46.5 cm³/mol. The van der Waals surface area contributed by atoms with Gasteiger partial charge < -0.3 is 10.5 Å². The number of nitrogens with two attached hydrogens (primary N) is 1. The van der Waals surface area contributed by atoms with Crippen LogP contribution in [0.1, 0.15) is 39.0 Å². The van der Waals surface area contributed by atoms with Crippen molar-refractivity contribution in [2.45, 2.75) is 44.6 Å². The highest BCUT2D eigenvalue weighted by molar-refractivity contribution is 4.86. The zero-order chi connectivity index (χ0) is 8.16. The van der Waals surface area contributed by atoms with Crippen LogP contribution >= 0.6 is 0 Å². The number of hydrogen-bond acceptors (Lipinski definition) is 2. The first-order valence-electron chi connectivity index (χ1n) is 4.63. The Bertz CT molecular complexity index is 108. The molecule has 0 heterocycles. The zero-order valence-electron chi connectivity index (χ0n) is 7.44. The first-order chi connectivity index (χ1) is 5.27. The molecule has 0 aromatic heterocycles. The smallest absolute Gasteiger partial charge is 0.0646 e. The highest BCUT2D eigenvalue weighted by Gasteiger charge is 2.26. The minimum absolute atomic E-state index is 0.00819. The van der Waals surface area contributed by atoms with Gasteiger partial charge in [-0.15, -0.1) is 0 Å². The van der Waals surface area contributed by atoms with E-state index >= 15 is 0 Å². The summed E-state index contributed by atoms with van der Waals surface area (Å²) in [6, 6.07) is 0. The highest BCUT2D eigenvalue weighted by atomic mass is 16.5. The SMILES string of the molecule is CCOCC1(N)CCCCC1. The molecule has 0 bridgehead atoms. The molecule has 1 fully saturated rings. The summed E-state index contributed by atoms with van der Waals surface area (Å²) < 4.78 is 5.35. The molecule has 0 saturated heterocycles. The maximum atomic E-state index is 6.12. The summed E-state index contributed by atoms with van der Waals surface area (Å²) in [5.41, 5.74) is 6.13. The molecular weight excluding hydrogens is 138 g/mol. The van der Waals surface area contributed by atoms with Crippen molar-refractivity contribution in [2.75, 3.05) is 13.2 Å². The minimum Gasteiger partial charge on any atom is -0.380 e. The third-order valence-corrected chi connectivity index (χ3v) is 2.44. The lowest BCUT2D eigenvalue weighted by Gasteiger charge is -2.32. The Morgan fingerprint density at radius 2 is 1.91 bits per heavy atom. The van der Waals surface area contributed by atoms with E-state index in [-0.39, 0.29) is 5.54 Å². The standard InChI is InChI=1S/C9H19NO/c1-2-11-8-9(10)6-4-3-5-7-9/h2-8,10H2,1H3. The van der Waals surface area contributed by atoms with Gasteiger partial charge in [-0.1, -0.05) is 19.3 Å². The summed E-state index contributed by atoms with van der Waals surface area (Å²) >= 11 is 0. The van der Waals surface area contributed by atoms with E-state index in [4.69, 9.17) is 10.5 Å². The third-order valence-electron chi connectivity index (χ3n) is 2.44.